The first-order valence-electron chi connectivity index (χ1n) is 8.07. The first-order chi connectivity index (χ1) is 11.7. The molecule has 1 amide bonds. The number of carbonyl (C=O) groups excluding carboxylic acids is 1. The monoisotopic (exact) mass is 340 g/mol. The summed E-state index contributed by atoms with van der Waals surface area (Å²) in [6.07, 6.45) is 1.39. The van der Waals surface area contributed by atoms with Crippen molar-refractivity contribution in [2.45, 2.75) is 31.7 Å². The Labute approximate surface area is 146 Å². The largest absolute Gasteiger partial charge is 0.484 e. The summed E-state index contributed by atoms with van der Waals surface area (Å²) in [5.74, 6) is 1.12. The van der Waals surface area contributed by atoms with Crippen LogP contribution >= 0.6 is 11.3 Å². The Morgan fingerprint density at radius 3 is 2.83 bits per heavy atom. The highest BCUT2D eigenvalue weighted by molar-refractivity contribution is 7.07. The lowest BCUT2D eigenvalue weighted by Gasteiger charge is -2.21. The predicted octanol–water partition coefficient (Wildman–Crippen LogP) is 3.60. The van der Waals surface area contributed by atoms with Gasteiger partial charge in [0, 0.05) is 18.5 Å². The van der Waals surface area contributed by atoms with Gasteiger partial charge >= 0.3 is 0 Å². The van der Waals surface area contributed by atoms with Crippen molar-refractivity contribution in [2.24, 2.45) is 0 Å². The molecule has 1 aliphatic heterocycles. The third kappa shape index (κ3) is 3.77. The second kappa shape index (κ2) is 7.50. The number of carbonyl (C=O) groups is 1. The first kappa shape index (κ1) is 16.5. The van der Waals surface area contributed by atoms with Crippen LogP contribution in [-0.4, -0.2) is 30.0 Å². The maximum atomic E-state index is 12.5. The quantitative estimate of drug-likeness (QED) is 0.836. The van der Waals surface area contributed by atoms with Gasteiger partial charge in [0.25, 0.3) is 5.91 Å². The molecule has 3 rings (SSSR count). The lowest BCUT2D eigenvalue weighted by molar-refractivity contribution is -0.133. The van der Waals surface area contributed by atoms with Crippen molar-refractivity contribution in [1.82, 2.24) is 4.90 Å². The van der Waals surface area contributed by atoms with Crippen LogP contribution in [0.5, 0.6) is 5.75 Å². The number of thiophene rings is 1. The normalized spacial score (nSPS) is 19.9. The summed E-state index contributed by atoms with van der Waals surface area (Å²) in [5, 5.41) is 12.9. The smallest absolute Gasteiger partial charge is 0.260 e. The average Bonchev–Trinajstić information content (AvgIpc) is 3.23. The second-order valence-electron chi connectivity index (χ2n) is 6.15. The molecule has 1 aromatic carbocycles. The molecule has 2 heterocycles. The molecule has 1 fully saturated rings. The molecule has 0 spiro atoms. The highest BCUT2D eigenvalue weighted by Crippen LogP contribution is 2.32. The van der Waals surface area contributed by atoms with E-state index in [-0.39, 0.29) is 18.6 Å². The molecular weight excluding hydrogens is 320 g/mol. The van der Waals surface area contributed by atoms with Crippen LogP contribution in [0.2, 0.25) is 0 Å². The summed E-state index contributed by atoms with van der Waals surface area (Å²) in [4.78, 5) is 14.4. The van der Waals surface area contributed by atoms with E-state index in [2.05, 4.69) is 29.8 Å². The van der Waals surface area contributed by atoms with Gasteiger partial charge in [-0.05, 0) is 53.4 Å². The Morgan fingerprint density at radius 2 is 2.17 bits per heavy atom. The summed E-state index contributed by atoms with van der Waals surface area (Å²) in [6.45, 7) is 2.92. The van der Waals surface area contributed by atoms with Gasteiger partial charge in [0.1, 0.15) is 5.75 Å². The van der Waals surface area contributed by atoms with Crippen molar-refractivity contribution < 1.29 is 9.53 Å². The molecule has 124 valence electrons. The minimum Gasteiger partial charge on any atom is -0.484 e. The maximum absolute atomic E-state index is 12.5. The van der Waals surface area contributed by atoms with Gasteiger partial charge in [-0.3, -0.25) is 4.79 Å². The molecule has 0 aliphatic carbocycles. The maximum Gasteiger partial charge on any atom is 0.260 e. The number of rotatable bonds is 5. The number of hydrogen-bond acceptors (Lipinski definition) is 4. The van der Waals surface area contributed by atoms with E-state index in [0.29, 0.717) is 18.1 Å². The fourth-order valence-corrected chi connectivity index (χ4v) is 3.89. The predicted molar refractivity (Wildman–Crippen MR) is 94.1 cm³/mol. The lowest BCUT2D eigenvalue weighted by atomic mass is 10.00. The molecule has 1 saturated heterocycles. The van der Waals surface area contributed by atoms with Crippen LogP contribution in [0.25, 0.3) is 0 Å². The van der Waals surface area contributed by atoms with E-state index >= 15 is 0 Å². The number of nitriles is 1. The highest BCUT2D eigenvalue weighted by Gasteiger charge is 2.33. The second-order valence-corrected chi connectivity index (χ2v) is 6.93. The van der Waals surface area contributed by atoms with Crippen LogP contribution in [-0.2, 0) is 11.2 Å². The number of hydrogen-bond donors (Lipinski definition) is 0. The summed E-state index contributed by atoms with van der Waals surface area (Å²) < 4.78 is 5.62. The molecule has 5 heteroatoms. The average molecular weight is 340 g/mol. The zero-order valence-corrected chi connectivity index (χ0v) is 14.5. The Hall–Kier alpha value is -2.32. The molecule has 4 nitrogen and oxygen atoms in total. The summed E-state index contributed by atoms with van der Waals surface area (Å²) in [7, 11) is 0. The molecule has 2 atom stereocenters. The van der Waals surface area contributed by atoms with Crippen molar-refractivity contribution in [1.29, 1.82) is 5.26 Å². The van der Waals surface area contributed by atoms with Crippen LogP contribution in [0.4, 0.5) is 0 Å². The molecule has 2 aromatic rings. The van der Waals surface area contributed by atoms with Gasteiger partial charge in [-0.1, -0.05) is 12.1 Å². The van der Waals surface area contributed by atoms with Gasteiger partial charge in [-0.15, -0.1) is 0 Å². The Morgan fingerprint density at radius 1 is 1.38 bits per heavy atom. The third-order valence-corrected chi connectivity index (χ3v) is 5.18. The van der Waals surface area contributed by atoms with Gasteiger partial charge in [-0.2, -0.15) is 16.6 Å². The summed E-state index contributed by atoms with van der Waals surface area (Å²) >= 11 is 1.70. The van der Waals surface area contributed by atoms with Crippen LogP contribution in [0.15, 0.2) is 41.1 Å². The van der Waals surface area contributed by atoms with E-state index in [0.717, 1.165) is 18.5 Å². The van der Waals surface area contributed by atoms with Crippen molar-refractivity contribution in [3.63, 3.8) is 0 Å². The van der Waals surface area contributed by atoms with Crippen LogP contribution in [0, 0.1) is 11.3 Å². The number of benzene rings is 1. The zero-order chi connectivity index (χ0) is 16.9. The number of amides is 1. The third-order valence-electron chi connectivity index (χ3n) is 4.48. The van der Waals surface area contributed by atoms with Crippen molar-refractivity contribution in [3.8, 4) is 11.8 Å². The van der Waals surface area contributed by atoms with E-state index in [4.69, 9.17) is 10.00 Å². The van der Waals surface area contributed by atoms with Crippen molar-refractivity contribution in [2.75, 3.05) is 13.2 Å². The first-order valence-corrected chi connectivity index (χ1v) is 9.02. The number of likely N-dealkylation sites (tertiary alicyclic amines) is 1. The van der Waals surface area contributed by atoms with Gasteiger partial charge < -0.3 is 9.64 Å². The van der Waals surface area contributed by atoms with E-state index < -0.39 is 0 Å². The summed E-state index contributed by atoms with van der Waals surface area (Å²) in [5.41, 5.74) is 2.28. The van der Waals surface area contributed by atoms with Gasteiger partial charge in [0.2, 0.25) is 0 Å². The van der Waals surface area contributed by atoms with Gasteiger partial charge in [0.05, 0.1) is 12.5 Å². The highest BCUT2D eigenvalue weighted by atomic mass is 32.1. The SMILES string of the molecule is C[C@@H]1C[C@@H](c2ccsc2)CN1C(=O)COc1ccc(CC#N)cc1. The zero-order valence-electron chi connectivity index (χ0n) is 13.6. The van der Waals surface area contributed by atoms with Crippen molar-refractivity contribution >= 4 is 17.2 Å². The number of ether oxygens (including phenoxy) is 1. The Bertz CT molecular complexity index is 719. The molecular formula is C19H20N2O2S. The lowest BCUT2D eigenvalue weighted by Crippen LogP contribution is -2.37. The van der Waals surface area contributed by atoms with E-state index in [1.54, 1.807) is 11.3 Å². The fourth-order valence-electron chi connectivity index (χ4n) is 3.15. The van der Waals surface area contributed by atoms with E-state index in [1.165, 1.54) is 5.56 Å². The molecule has 24 heavy (non-hydrogen) atoms. The standard InChI is InChI=1S/C19H20N2O2S/c1-14-10-17(16-7-9-24-13-16)11-21(14)19(22)12-23-18-4-2-15(3-5-18)6-8-20/h2-5,7,9,13-14,17H,6,10-12H2,1H3/t14-,17-/m1/s1. The molecule has 0 bridgehead atoms. The van der Waals surface area contributed by atoms with Crippen molar-refractivity contribution in [3.05, 3.63) is 52.2 Å². The molecule has 0 saturated carbocycles. The van der Waals surface area contributed by atoms with Gasteiger partial charge in [-0.25, -0.2) is 0 Å². The van der Waals surface area contributed by atoms with Crippen LogP contribution < -0.4 is 4.74 Å². The molecule has 0 N–H and O–H groups in total. The number of nitrogens with zero attached hydrogens (tertiary/aromatic N) is 2. The molecule has 0 radical (unpaired) electrons. The minimum absolute atomic E-state index is 0.0290. The molecule has 1 aromatic heterocycles. The molecule has 1 aliphatic rings. The van der Waals surface area contributed by atoms with Gasteiger partial charge in [0.15, 0.2) is 6.61 Å². The Kier molecular flexibility index (Phi) is 5.17. The Balaban J connectivity index is 1.54. The van der Waals surface area contributed by atoms with Crippen LogP contribution in [0.1, 0.15) is 30.4 Å². The summed E-state index contributed by atoms with van der Waals surface area (Å²) in [6, 6.07) is 11.8. The van der Waals surface area contributed by atoms with Crippen LogP contribution in [0.3, 0.4) is 0 Å². The molecule has 0 unspecified atom stereocenters. The topological polar surface area (TPSA) is 53.3 Å². The minimum atomic E-state index is 0.0290. The van der Waals surface area contributed by atoms with E-state index in [9.17, 15) is 4.79 Å². The fraction of sp³-hybridized carbons (Fsp3) is 0.368. The van der Waals surface area contributed by atoms with E-state index in [1.807, 2.05) is 29.2 Å².